The summed E-state index contributed by atoms with van der Waals surface area (Å²) in [5, 5.41) is 2.06. The second-order valence-electron chi connectivity index (χ2n) is 8.29. The quantitative estimate of drug-likeness (QED) is 0.288. The van der Waals surface area contributed by atoms with Crippen molar-refractivity contribution in [1.29, 1.82) is 0 Å². The van der Waals surface area contributed by atoms with Gasteiger partial charge in [-0.1, -0.05) is 29.3 Å². The van der Waals surface area contributed by atoms with Crippen molar-refractivity contribution in [3.63, 3.8) is 0 Å². The highest BCUT2D eigenvalue weighted by molar-refractivity contribution is 6.35. The van der Waals surface area contributed by atoms with Crippen molar-refractivity contribution in [3.8, 4) is 28.4 Å². The van der Waals surface area contributed by atoms with E-state index >= 15 is 0 Å². The van der Waals surface area contributed by atoms with Gasteiger partial charge >= 0.3 is 5.63 Å². The van der Waals surface area contributed by atoms with E-state index in [1.807, 2.05) is 30.3 Å². The predicted molar refractivity (Wildman–Crippen MR) is 137 cm³/mol. The zero-order valence-corrected chi connectivity index (χ0v) is 20.8. The van der Waals surface area contributed by atoms with Gasteiger partial charge in [-0.25, -0.2) is 4.79 Å². The lowest BCUT2D eigenvalue weighted by Gasteiger charge is -2.29. The number of fused-ring (bicyclic) bond motifs is 3. The van der Waals surface area contributed by atoms with Gasteiger partial charge in [0.25, 0.3) is 0 Å². The van der Waals surface area contributed by atoms with Crippen molar-refractivity contribution in [2.75, 3.05) is 27.5 Å². The van der Waals surface area contributed by atoms with Crippen LogP contribution in [0.1, 0.15) is 11.1 Å². The molecule has 5 rings (SSSR count). The number of nitrogens with zero attached hydrogens (tertiary/aromatic N) is 1. The van der Waals surface area contributed by atoms with E-state index in [0.717, 1.165) is 29.5 Å². The minimum atomic E-state index is -0.456. The molecule has 2 heterocycles. The second kappa shape index (κ2) is 9.82. The Morgan fingerprint density at radius 2 is 1.83 bits per heavy atom. The van der Waals surface area contributed by atoms with Crippen LogP contribution < -0.4 is 19.8 Å². The van der Waals surface area contributed by atoms with E-state index in [-0.39, 0.29) is 0 Å². The van der Waals surface area contributed by atoms with Gasteiger partial charge in [0.2, 0.25) is 0 Å². The first-order valence-corrected chi connectivity index (χ1v) is 11.8. The Hall–Kier alpha value is -3.19. The number of rotatable bonds is 6. The van der Waals surface area contributed by atoms with Crippen LogP contribution >= 0.6 is 23.2 Å². The first-order chi connectivity index (χ1) is 17.0. The molecule has 1 aliphatic heterocycles. The summed E-state index contributed by atoms with van der Waals surface area (Å²) < 4.78 is 22.6. The maximum atomic E-state index is 13.1. The minimum Gasteiger partial charge on any atom is -0.497 e. The lowest BCUT2D eigenvalue weighted by atomic mass is 10.0. The molecule has 4 aromatic rings. The Balaban J connectivity index is 1.46. The Kier molecular flexibility index (Phi) is 6.60. The van der Waals surface area contributed by atoms with Crippen molar-refractivity contribution in [2.45, 2.75) is 13.0 Å². The fraction of sp³-hybridized carbons (Fsp3) is 0.222. The highest BCUT2D eigenvalue weighted by atomic mass is 35.5. The summed E-state index contributed by atoms with van der Waals surface area (Å²) in [7, 11) is 3.14. The molecule has 1 aliphatic rings. The Labute approximate surface area is 212 Å². The molecule has 6 nitrogen and oxygen atoms in total. The summed E-state index contributed by atoms with van der Waals surface area (Å²) >= 11 is 12.3. The predicted octanol–water partition coefficient (Wildman–Crippen LogP) is 6.18. The van der Waals surface area contributed by atoms with Crippen LogP contribution in [0.3, 0.4) is 0 Å². The third-order valence-corrected chi connectivity index (χ3v) is 6.74. The molecule has 8 heteroatoms. The topological polar surface area (TPSA) is 61.1 Å². The first kappa shape index (κ1) is 23.5. The summed E-state index contributed by atoms with van der Waals surface area (Å²) in [6.45, 7) is 1.75. The van der Waals surface area contributed by atoms with E-state index < -0.39 is 5.63 Å². The standard InChI is InChI=1S/C27H23Cl2NO5/c1-32-19-6-8-24(33-2)20(13-19)21-11-17-4-7-25-22(26(17)35-27(21)31)14-30(15-34-25)10-9-16-3-5-18(28)12-23(16)29/h3-8,11-13H,9-10,14-15H2,1-2H3. The molecule has 0 radical (unpaired) electrons. The monoisotopic (exact) mass is 511 g/mol. The Morgan fingerprint density at radius 1 is 0.971 bits per heavy atom. The maximum Gasteiger partial charge on any atom is 0.344 e. The van der Waals surface area contributed by atoms with Gasteiger partial charge in [-0.3, -0.25) is 4.90 Å². The summed E-state index contributed by atoms with van der Waals surface area (Å²) in [6, 6.07) is 16.5. The van der Waals surface area contributed by atoms with Crippen molar-refractivity contribution in [2.24, 2.45) is 0 Å². The van der Waals surface area contributed by atoms with Crippen LogP contribution in [0.2, 0.25) is 10.0 Å². The van der Waals surface area contributed by atoms with Gasteiger partial charge in [0, 0.05) is 34.1 Å². The zero-order chi connectivity index (χ0) is 24.5. The molecule has 0 spiro atoms. The van der Waals surface area contributed by atoms with E-state index in [2.05, 4.69) is 4.90 Å². The van der Waals surface area contributed by atoms with Gasteiger partial charge in [-0.15, -0.1) is 0 Å². The molecule has 0 atom stereocenters. The highest BCUT2D eigenvalue weighted by Gasteiger charge is 2.23. The molecule has 35 heavy (non-hydrogen) atoms. The number of hydrogen-bond donors (Lipinski definition) is 0. The van der Waals surface area contributed by atoms with Crippen LogP contribution in [0.15, 0.2) is 63.8 Å². The average Bonchev–Trinajstić information content (AvgIpc) is 2.87. The van der Waals surface area contributed by atoms with Gasteiger partial charge in [0.05, 0.1) is 25.3 Å². The van der Waals surface area contributed by atoms with E-state index in [1.54, 1.807) is 38.5 Å². The van der Waals surface area contributed by atoms with E-state index in [9.17, 15) is 4.79 Å². The first-order valence-electron chi connectivity index (χ1n) is 11.1. The Bertz CT molecular complexity index is 1470. The number of benzene rings is 3. The third kappa shape index (κ3) is 4.69. The molecule has 1 aromatic heterocycles. The molecule has 0 N–H and O–H groups in total. The molecule has 0 bridgehead atoms. The fourth-order valence-corrected chi connectivity index (χ4v) is 4.80. The van der Waals surface area contributed by atoms with Gasteiger partial charge in [-0.05, 0) is 60.5 Å². The van der Waals surface area contributed by atoms with Crippen molar-refractivity contribution in [3.05, 3.63) is 86.2 Å². The summed E-state index contributed by atoms with van der Waals surface area (Å²) in [6.07, 6.45) is 0.739. The zero-order valence-electron chi connectivity index (χ0n) is 19.3. The molecule has 0 fully saturated rings. The smallest absolute Gasteiger partial charge is 0.344 e. The number of hydrogen-bond acceptors (Lipinski definition) is 6. The van der Waals surface area contributed by atoms with Gasteiger partial charge < -0.3 is 18.6 Å². The van der Waals surface area contributed by atoms with E-state index in [1.165, 1.54) is 0 Å². The highest BCUT2D eigenvalue weighted by Crippen LogP contribution is 2.36. The summed E-state index contributed by atoms with van der Waals surface area (Å²) in [4.78, 5) is 15.2. The molecule has 0 saturated carbocycles. The molecule has 0 aliphatic carbocycles. The largest absolute Gasteiger partial charge is 0.497 e. The number of ether oxygens (including phenoxy) is 3. The summed E-state index contributed by atoms with van der Waals surface area (Å²) in [5.74, 6) is 1.90. The third-order valence-electron chi connectivity index (χ3n) is 6.16. The van der Waals surface area contributed by atoms with E-state index in [4.69, 9.17) is 41.8 Å². The molecule has 0 amide bonds. The Morgan fingerprint density at radius 3 is 2.60 bits per heavy atom. The lowest BCUT2D eigenvalue weighted by Crippen LogP contribution is -2.33. The van der Waals surface area contributed by atoms with Crippen LogP contribution in [0, 0.1) is 0 Å². The lowest BCUT2D eigenvalue weighted by molar-refractivity contribution is 0.0968. The van der Waals surface area contributed by atoms with E-state index in [0.29, 0.717) is 57.3 Å². The van der Waals surface area contributed by atoms with Crippen LogP contribution in [-0.2, 0) is 13.0 Å². The van der Waals surface area contributed by atoms with Crippen molar-refractivity contribution >= 4 is 34.2 Å². The molecule has 180 valence electrons. The van der Waals surface area contributed by atoms with Crippen LogP contribution in [0.5, 0.6) is 17.2 Å². The van der Waals surface area contributed by atoms with Crippen LogP contribution in [0.4, 0.5) is 0 Å². The second-order valence-corrected chi connectivity index (χ2v) is 9.13. The molecular formula is C27H23Cl2NO5. The fourth-order valence-electron chi connectivity index (χ4n) is 4.30. The minimum absolute atomic E-state index is 0.402. The van der Waals surface area contributed by atoms with Crippen molar-refractivity contribution in [1.82, 2.24) is 4.90 Å². The van der Waals surface area contributed by atoms with Crippen LogP contribution in [0.25, 0.3) is 22.1 Å². The van der Waals surface area contributed by atoms with Crippen LogP contribution in [-0.4, -0.2) is 32.4 Å². The van der Waals surface area contributed by atoms with Crippen molar-refractivity contribution < 1.29 is 18.6 Å². The van der Waals surface area contributed by atoms with Gasteiger partial charge in [0.1, 0.15) is 29.6 Å². The maximum absolute atomic E-state index is 13.1. The SMILES string of the molecule is COc1ccc(OC)c(-c2cc3ccc4c(c3oc2=O)CN(CCc2ccc(Cl)cc2Cl)CO4)c1. The normalized spacial score (nSPS) is 13.4. The summed E-state index contributed by atoms with van der Waals surface area (Å²) in [5.41, 5.74) is 2.94. The number of methoxy groups -OCH3 is 2. The average molecular weight is 512 g/mol. The molecular weight excluding hydrogens is 489 g/mol. The van der Waals surface area contributed by atoms with Gasteiger partial charge in [0.15, 0.2) is 0 Å². The van der Waals surface area contributed by atoms with Gasteiger partial charge in [-0.2, -0.15) is 0 Å². The molecule has 3 aromatic carbocycles. The number of halogens is 2. The molecule has 0 saturated heterocycles. The molecule has 0 unspecified atom stereocenters.